The topological polar surface area (TPSA) is 58.4 Å². The van der Waals surface area contributed by atoms with E-state index in [1.165, 1.54) is 25.5 Å². The van der Waals surface area contributed by atoms with Crippen molar-refractivity contribution in [3.63, 3.8) is 0 Å². The number of rotatable bonds is 4. The summed E-state index contributed by atoms with van der Waals surface area (Å²) in [6.45, 7) is 2.09. The summed E-state index contributed by atoms with van der Waals surface area (Å²) < 4.78 is 5.43. The smallest absolute Gasteiger partial charge is 0.292 e. The second kappa shape index (κ2) is 7.44. The molecule has 132 valence electrons. The van der Waals surface area contributed by atoms with Crippen molar-refractivity contribution in [2.24, 2.45) is 0 Å². The van der Waals surface area contributed by atoms with E-state index in [9.17, 15) is 4.79 Å². The molecule has 1 saturated heterocycles. The zero-order chi connectivity index (χ0) is 17.8. The lowest BCUT2D eigenvalue weighted by Gasteiger charge is -2.27. The van der Waals surface area contributed by atoms with Gasteiger partial charge in [-0.1, -0.05) is 30.3 Å². The predicted octanol–water partition coefficient (Wildman–Crippen LogP) is 4.58. The van der Waals surface area contributed by atoms with Crippen LogP contribution in [-0.2, 0) is 0 Å². The van der Waals surface area contributed by atoms with Crippen molar-refractivity contribution in [3.8, 4) is 11.1 Å². The van der Waals surface area contributed by atoms with Gasteiger partial charge in [0.2, 0.25) is 0 Å². The van der Waals surface area contributed by atoms with Crippen molar-refractivity contribution in [1.82, 2.24) is 4.98 Å². The van der Waals surface area contributed by atoms with Crippen LogP contribution in [0.15, 0.2) is 65.4 Å². The minimum Gasteiger partial charge on any atom is -0.459 e. The molecule has 4 rings (SSSR count). The Morgan fingerprint density at radius 2 is 1.81 bits per heavy atom. The Morgan fingerprint density at radius 3 is 2.54 bits per heavy atom. The van der Waals surface area contributed by atoms with Gasteiger partial charge in [-0.2, -0.15) is 0 Å². The number of hydrogen-bond donors (Lipinski definition) is 1. The molecule has 26 heavy (non-hydrogen) atoms. The molecule has 1 fully saturated rings. The van der Waals surface area contributed by atoms with Gasteiger partial charge in [0.05, 0.1) is 18.1 Å². The van der Waals surface area contributed by atoms with Crippen LogP contribution in [0.1, 0.15) is 29.8 Å². The zero-order valence-electron chi connectivity index (χ0n) is 14.5. The Kier molecular flexibility index (Phi) is 4.69. The Balaban J connectivity index is 1.48. The average molecular weight is 347 g/mol. The van der Waals surface area contributed by atoms with E-state index in [0.717, 1.165) is 30.0 Å². The second-order valence-corrected chi connectivity index (χ2v) is 6.44. The van der Waals surface area contributed by atoms with Crippen LogP contribution in [0.2, 0.25) is 0 Å². The van der Waals surface area contributed by atoms with Gasteiger partial charge in [0, 0.05) is 18.7 Å². The molecule has 5 heteroatoms. The summed E-state index contributed by atoms with van der Waals surface area (Å²) in [5, 5.41) is 2.87. The first-order valence-electron chi connectivity index (χ1n) is 8.96. The molecule has 0 aliphatic carbocycles. The largest absolute Gasteiger partial charge is 0.459 e. The number of nitrogens with one attached hydrogen (secondary N) is 1. The van der Waals surface area contributed by atoms with Gasteiger partial charge in [0.15, 0.2) is 5.76 Å². The molecular weight excluding hydrogens is 326 g/mol. The molecule has 0 bridgehead atoms. The van der Waals surface area contributed by atoms with Crippen LogP contribution in [0.5, 0.6) is 0 Å². The Morgan fingerprint density at radius 1 is 1.00 bits per heavy atom. The van der Waals surface area contributed by atoms with Crippen LogP contribution in [0.4, 0.5) is 11.5 Å². The van der Waals surface area contributed by atoms with Crippen molar-refractivity contribution in [2.45, 2.75) is 19.3 Å². The maximum atomic E-state index is 12.6. The fourth-order valence-electron chi connectivity index (χ4n) is 3.29. The number of pyridine rings is 1. The molecule has 2 aromatic heterocycles. The highest BCUT2D eigenvalue weighted by atomic mass is 16.3. The molecule has 0 atom stereocenters. The van der Waals surface area contributed by atoms with Crippen molar-refractivity contribution in [1.29, 1.82) is 0 Å². The molecule has 3 heterocycles. The number of amides is 1. The third-order valence-corrected chi connectivity index (χ3v) is 4.64. The minimum absolute atomic E-state index is 0.277. The standard InChI is InChI=1S/C21H21N3O2/c25-21(20-18(11-14-26-20)16-7-3-1-4-8-16)23-17-9-10-19(22-15-17)24-12-5-2-6-13-24/h1,3-4,7-11,14-15H,2,5-6,12-13H2,(H,23,25). The van der Waals surface area contributed by atoms with Crippen LogP contribution in [0, 0.1) is 0 Å². The minimum atomic E-state index is -0.277. The van der Waals surface area contributed by atoms with Gasteiger partial charge in [-0.3, -0.25) is 4.79 Å². The molecule has 0 saturated carbocycles. The highest BCUT2D eigenvalue weighted by Gasteiger charge is 2.17. The molecule has 1 amide bonds. The quantitative estimate of drug-likeness (QED) is 0.750. The first-order chi connectivity index (χ1) is 12.8. The van der Waals surface area contributed by atoms with E-state index in [1.807, 2.05) is 48.5 Å². The molecule has 1 aromatic carbocycles. The van der Waals surface area contributed by atoms with Crippen molar-refractivity contribution in [2.75, 3.05) is 23.3 Å². The lowest BCUT2D eigenvalue weighted by Crippen LogP contribution is -2.30. The number of nitrogens with zero attached hydrogens (tertiary/aromatic N) is 2. The van der Waals surface area contributed by atoms with Crippen LogP contribution >= 0.6 is 0 Å². The zero-order valence-corrected chi connectivity index (χ0v) is 14.5. The van der Waals surface area contributed by atoms with E-state index in [-0.39, 0.29) is 5.91 Å². The normalized spacial score (nSPS) is 14.2. The summed E-state index contributed by atoms with van der Waals surface area (Å²) in [4.78, 5) is 19.4. The Bertz CT molecular complexity index is 866. The summed E-state index contributed by atoms with van der Waals surface area (Å²) in [5.74, 6) is 0.989. The summed E-state index contributed by atoms with van der Waals surface area (Å²) in [7, 11) is 0. The van der Waals surface area contributed by atoms with Gasteiger partial charge < -0.3 is 14.6 Å². The first-order valence-corrected chi connectivity index (χ1v) is 8.96. The van der Waals surface area contributed by atoms with Gasteiger partial charge in [-0.25, -0.2) is 4.98 Å². The number of benzene rings is 1. The van der Waals surface area contributed by atoms with E-state index < -0.39 is 0 Å². The van der Waals surface area contributed by atoms with E-state index in [2.05, 4.69) is 15.2 Å². The van der Waals surface area contributed by atoms with Crippen LogP contribution in [-0.4, -0.2) is 24.0 Å². The number of carbonyl (C=O) groups excluding carboxylic acids is 1. The van der Waals surface area contributed by atoms with Gasteiger partial charge in [0.1, 0.15) is 5.82 Å². The fourth-order valence-corrected chi connectivity index (χ4v) is 3.29. The highest BCUT2D eigenvalue weighted by molar-refractivity contribution is 6.06. The summed E-state index contributed by atoms with van der Waals surface area (Å²) >= 11 is 0. The van der Waals surface area contributed by atoms with Crippen molar-refractivity contribution >= 4 is 17.4 Å². The molecule has 1 N–H and O–H groups in total. The number of aromatic nitrogens is 1. The predicted molar refractivity (Wildman–Crippen MR) is 102 cm³/mol. The van der Waals surface area contributed by atoms with Crippen molar-refractivity contribution < 1.29 is 9.21 Å². The third-order valence-electron chi connectivity index (χ3n) is 4.64. The monoisotopic (exact) mass is 347 g/mol. The molecule has 0 unspecified atom stereocenters. The van der Waals surface area contributed by atoms with Crippen LogP contribution < -0.4 is 10.2 Å². The van der Waals surface area contributed by atoms with E-state index in [0.29, 0.717) is 11.4 Å². The molecular formula is C21H21N3O2. The summed E-state index contributed by atoms with van der Waals surface area (Å²) in [6.07, 6.45) is 6.95. The molecule has 5 nitrogen and oxygen atoms in total. The van der Waals surface area contributed by atoms with E-state index in [4.69, 9.17) is 4.42 Å². The van der Waals surface area contributed by atoms with Crippen molar-refractivity contribution in [3.05, 3.63) is 66.8 Å². The summed E-state index contributed by atoms with van der Waals surface area (Å²) in [6, 6.07) is 15.4. The van der Waals surface area contributed by atoms with Gasteiger partial charge in [-0.05, 0) is 43.0 Å². The van der Waals surface area contributed by atoms with Gasteiger partial charge in [0.25, 0.3) is 5.91 Å². The van der Waals surface area contributed by atoms with E-state index in [1.54, 1.807) is 6.20 Å². The van der Waals surface area contributed by atoms with Gasteiger partial charge in [-0.15, -0.1) is 0 Å². The lowest BCUT2D eigenvalue weighted by atomic mass is 10.1. The maximum Gasteiger partial charge on any atom is 0.292 e. The number of carbonyl (C=O) groups is 1. The average Bonchev–Trinajstić information content (AvgIpc) is 3.20. The first kappa shape index (κ1) is 16.4. The number of anilines is 2. The van der Waals surface area contributed by atoms with Crippen LogP contribution in [0.3, 0.4) is 0 Å². The Hall–Kier alpha value is -3.08. The maximum absolute atomic E-state index is 12.6. The van der Waals surface area contributed by atoms with Gasteiger partial charge >= 0.3 is 0 Å². The third kappa shape index (κ3) is 3.47. The highest BCUT2D eigenvalue weighted by Crippen LogP contribution is 2.26. The number of piperidine rings is 1. The Labute approximate surface area is 152 Å². The second-order valence-electron chi connectivity index (χ2n) is 6.44. The molecule has 1 aliphatic heterocycles. The molecule has 0 radical (unpaired) electrons. The number of furan rings is 1. The molecule has 0 spiro atoms. The molecule has 1 aliphatic rings. The lowest BCUT2D eigenvalue weighted by molar-refractivity contribution is 0.0997. The fraction of sp³-hybridized carbons (Fsp3) is 0.238. The number of hydrogen-bond acceptors (Lipinski definition) is 4. The summed E-state index contributed by atoms with van der Waals surface area (Å²) in [5.41, 5.74) is 2.39. The van der Waals surface area contributed by atoms with Crippen LogP contribution in [0.25, 0.3) is 11.1 Å². The van der Waals surface area contributed by atoms with E-state index >= 15 is 0 Å². The molecule has 3 aromatic rings. The SMILES string of the molecule is O=C(Nc1ccc(N2CCCCC2)nc1)c1occc1-c1ccccc1.